The molecule has 132 valence electrons. The molecule has 0 heterocycles. The Kier molecular flexibility index (Phi) is 6.12. The third-order valence-corrected chi connectivity index (χ3v) is 8.12. The Bertz CT molecular complexity index is 815. The Morgan fingerprint density at radius 2 is 1.00 bits per heavy atom. The third-order valence-electron chi connectivity index (χ3n) is 3.57. The molecule has 1 aliphatic rings. The van der Waals surface area contributed by atoms with Gasteiger partial charge in [-0.1, -0.05) is 0 Å². The first-order valence-electron chi connectivity index (χ1n) is 7.77. The Labute approximate surface area is 164 Å². The standard InChI is InChI=1S/C20H16O4Se2/c1-23-17-15(21)18(24-2)20(26-14-11-7-4-8-12-14)16(22)19(17)25-13-9-5-3-6-10-13/h3-12H,1-2H3. The molecule has 2 aromatic carbocycles. The van der Waals surface area contributed by atoms with E-state index in [4.69, 9.17) is 9.47 Å². The SMILES string of the molecule is COC1=C([Se]c2ccccc2)C(=O)C([Se]c2ccccc2)=C(OC)C1=O. The molecule has 2 aromatic rings. The van der Waals surface area contributed by atoms with E-state index in [2.05, 4.69) is 0 Å². The summed E-state index contributed by atoms with van der Waals surface area (Å²) in [5, 5.41) is 0. The van der Waals surface area contributed by atoms with Gasteiger partial charge >= 0.3 is 165 Å². The van der Waals surface area contributed by atoms with Crippen LogP contribution >= 0.6 is 0 Å². The first-order chi connectivity index (χ1) is 12.7. The molecule has 0 saturated heterocycles. The van der Waals surface area contributed by atoms with Gasteiger partial charge in [0.2, 0.25) is 0 Å². The first kappa shape index (κ1) is 18.7. The van der Waals surface area contributed by atoms with Gasteiger partial charge in [0.1, 0.15) is 0 Å². The van der Waals surface area contributed by atoms with E-state index < -0.39 is 0 Å². The van der Waals surface area contributed by atoms with Crippen molar-refractivity contribution in [1.29, 1.82) is 0 Å². The van der Waals surface area contributed by atoms with Gasteiger partial charge in [0, 0.05) is 0 Å². The summed E-state index contributed by atoms with van der Waals surface area (Å²) in [7, 11) is 2.84. The van der Waals surface area contributed by atoms with Crippen molar-refractivity contribution in [2.45, 2.75) is 0 Å². The molecule has 0 saturated carbocycles. The molecule has 0 amide bonds. The minimum absolute atomic E-state index is 0.100. The molecular formula is C20H16O4Se2. The number of hydrogen-bond donors (Lipinski definition) is 0. The summed E-state index contributed by atoms with van der Waals surface area (Å²) < 4.78 is 13.5. The Balaban J connectivity index is 2.01. The second kappa shape index (κ2) is 8.52. The van der Waals surface area contributed by atoms with E-state index in [0.29, 0.717) is 8.94 Å². The average Bonchev–Trinajstić information content (AvgIpc) is 2.68. The van der Waals surface area contributed by atoms with Crippen LogP contribution < -0.4 is 8.92 Å². The molecule has 0 bridgehead atoms. The number of methoxy groups -OCH3 is 2. The molecule has 0 unspecified atom stereocenters. The van der Waals surface area contributed by atoms with E-state index in [1.165, 1.54) is 14.2 Å². The summed E-state index contributed by atoms with van der Waals surface area (Å²) in [4.78, 5) is 26.1. The van der Waals surface area contributed by atoms with Crippen LogP contribution in [0.3, 0.4) is 0 Å². The fraction of sp³-hybridized carbons (Fsp3) is 0.100. The Morgan fingerprint density at radius 3 is 1.35 bits per heavy atom. The summed E-state index contributed by atoms with van der Waals surface area (Å²) in [5.41, 5.74) is 0. The van der Waals surface area contributed by atoms with Gasteiger partial charge in [-0.3, -0.25) is 0 Å². The summed E-state index contributed by atoms with van der Waals surface area (Å²) in [6, 6.07) is 19.3. The number of carbonyl (C=O) groups is 2. The number of hydrogen-bond acceptors (Lipinski definition) is 4. The summed E-state index contributed by atoms with van der Waals surface area (Å²) in [6.45, 7) is 0. The van der Waals surface area contributed by atoms with Crippen molar-refractivity contribution in [1.82, 2.24) is 0 Å². The molecule has 3 rings (SSSR count). The fourth-order valence-electron chi connectivity index (χ4n) is 2.39. The number of rotatable bonds is 6. The van der Waals surface area contributed by atoms with Crippen LogP contribution in [-0.4, -0.2) is 55.7 Å². The second-order valence-corrected chi connectivity index (χ2v) is 9.76. The molecule has 4 nitrogen and oxygen atoms in total. The van der Waals surface area contributed by atoms with Crippen molar-refractivity contribution in [3.05, 3.63) is 81.1 Å². The van der Waals surface area contributed by atoms with Gasteiger partial charge < -0.3 is 0 Å². The number of allylic oxidation sites excluding steroid dienone is 2. The van der Waals surface area contributed by atoms with E-state index in [9.17, 15) is 9.59 Å². The molecule has 0 fully saturated rings. The van der Waals surface area contributed by atoms with E-state index >= 15 is 0 Å². The van der Waals surface area contributed by atoms with Crippen LogP contribution in [0, 0.1) is 0 Å². The molecule has 26 heavy (non-hydrogen) atoms. The van der Waals surface area contributed by atoms with E-state index in [-0.39, 0.29) is 53.0 Å². The van der Waals surface area contributed by atoms with Crippen molar-refractivity contribution in [2.24, 2.45) is 0 Å². The van der Waals surface area contributed by atoms with Crippen LogP contribution in [-0.2, 0) is 19.1 Å². The summed E-state index contributed by atoms with van der Waals surface area (Å²) in [5.74, 6) is -0.298. The molecule has 6 heteroatoms. The van der Waals surface area contributed by atoms with Gasteiger partial charge in [0.05, 0.1) is 0 Å². The molecule has 0 aromatic heterocycles. The number of ketones is 2. The molecule has 0 atom stereocenters. The van der Waals surface area contributed by atoms with E-state index in [1.807, 2.05) is 60.7 Å². The maximum atomic E-state index is 13.2. The van der Waals surface area contributed by atoms with Crippen LogP contribution in [0.15, 0.2) is 81.1 Å². The van der Waals surface area contributed by atoms with Gasteiger partial charge in [-0.05, 0) is 0 Å². The molecule has 0 spiro atoms. The van der Waals surface area contributed by atoms with Crippen molar-refractivity contribution >= 4 is 50.4 Å². The molecule has 0 aliphatic heterocycles. The number of ether oxygens (including phenoxy) is 2. The van der Waals surface area contributed by atoms with Crippen molar-refractivity contribution in [3.63, 3.8) is 0 Å². The zero-order chi connectivity index (χ0) is 18.5. The monoisotopic (exact) mass is 480 g/mol. The minimum atomic E-state index is -0.352. The Hall–Kier alpha value is -2.10. The van der Waals surface area contributed by atoms with E-state index in [1.54, 1.807) is 0 Å². The summed E-state index contributed by atoms with van der Waals surface area (Å²) in [6.07, 6.45) is 0. The maximum absolute atomic E-state index is 13.2. The molecule has 0 N–H and O–H groups in total. The first-order valence-corrected chi connectivity index (χ1v) is 11.2. The molecule has 1 aliphatic carbocycles. The summed E-state index contributed by atoms with van der Waals surface area (Å²) >= 11 is -0.646. The zero-order valence-corrected chi connectivity index (χ0v) is 17.6. The van der Waals surface area contributed by atoms with Crippen LogP contribution in [0.25, 0.3) is 0 Å². The molecular weight excluding hydrogens is 462 g/mol. The van der Waals surface area contributed by atoms with Crippen LogP contribution in [0.5, 0.6) is 0 Å². The normalized spacial score (nSPS) is 14.7. The third kappa shape index (κ3) is 3.84. The topological polar surface area (TPSA) is 52.6 Å². The van der Waals surface area contributed by atoms with Crippen LogP contribution in [0.2, 0.25) is 0 Å². The predicted octanol–water partition coefficient (Wildman–Crippen LogP) is 0.914. The van der Waals surface area contributed by atoms with Gasteiger partial charge in [-0.15, -0.1) is 0 Å². The van der Waals surface area contributed by atoms with Gasteiger partial charge in [-0.25, -0.2) is 0 Å². The van der Waals surface area contributed by atoms with Crippen molar-refractivity contribution in [2.75, 3.05) is 14.2 Å². The quantitative estimate of drug-likeness (QED) is 0.458. The van der Waals surface area contributed by atoms with Crippen molar-refractivity contribution < 1.29 is 19.1 Å². The van der Waals surface area contributed by atoms with Crippen molar-refractivity contribution in [3.8, 4) is 0 Å². The number of benzene rings is 2. The zero-order valence-electron chi connectivity index (χ0n) is 14.2. The van der Waals surface area contributed by atoms with Crippen LogP contribution in [0.1, 0.15) is 0 Å². The second-order valence-electron chi connectivity index (χ2n) is 5.21. The Morgan fingerprint density at radius 1 is 0.615 bits per heavy atom. The molecule has 0 radical (unpaired) electrons. The van der Waals surface area contributed by atoms with E-state index in [0.717, 1.165) is 8.92 Å². The van der Waals surface area contributed by atoms with Crippen LogP contribution in [0.4, 0.5) is 0 Å². The average molecular weight is 478 g/mol. The van der Waals surface area contributed by atoms with Gasteiger partial charge in [0.25, 0.3) is 0 Å². The predicted molar refractivity (Wildman–Crippen MR) is 102 cm³/mol. The number of carbonyl (C=O) groups excluding carboxylic acids is 2. The number of Topliss-reactive ketones (excluding diaryl/α,β-unsaturated/α-hetero) is 2. The fourth-order valence-corrected chi connectivity index (χ4v) is 6.88. The van der Waals surface area contributed by atoms with Gasteiger partial charge in [-0.2, -0.15) is 0 Å². The van der Waals surface area contributed by atoms with Gasteiger partial charge in [0.15, 0.2) is 0 Å².